The van der Waals surface area contributed by atoms with E-state index in [9.17, 15) is 0 Å². The van der Waals surface area contributed by atoms with Crippen LogP contribution in [-0.2, 0) is 11.8 Å². The van der Waals surface area contributed by atoms with Gasteiger partial charge in [-0.2, -0.15) is 0 Å². The van der Waals surface area contributed by atoms with Gasteiger partial charge in [-0.1, -0.05) is 41.5 Å². The van der Waals surface area contributed by atoms with Gasteiger partial charge in [0.25, 0.3) is 0 Å². The lowest BCUT2D eigenvalue weighted by Crippen LogP contribution is -2.17. The number of nitrogens with one attached hydrogen (secondary N) is 1. The number of aromatic nitrogens is 2. The molecule has 0 amide bonds. The van der Waals surface area contributed by atoms with Crippen molar-refractivity contribution in [2.24, 2.45) is 5.92 Å². The molecule has 18 heavy (non-hydrogen) atoms. The molecule has 0 aliphatic rings. The summed E-state index contributed by atoms with van der Waals surface area (Å²) in [5.41, 5.74) is 1.18. The Morgan fingerprint density at radius 3 is 2.39 bits per heavy atom. The Kier molecular flexibility index (Phi) is 5.12. The van der Waals surface area contributed by atoms with Gasteiger partial charge in [0.2, 0.25) is 0 Å². The van der Waals surface area contributed by atoms with Crippen molar-refractivity contribution in [3.05, 3.63) is 17.6 Å². The van der Waals surface area contributed by atoms with E-state index in [0.29, 0.717) is 5.92 Å². The quantitative estimate of drug-likeness (QED) is 0.862. The van der Waals surface area contributed by atoms with Crippen LogP contribution in [0.2, 0.25) is 0 Å². The third-order valence-electron chi connectivity index (χ3n) is 2.69. The van der Waals surface area contributed by atoms with Crippen LogP contribution < -0.4 is 5.32 Å². The van der Waals surface area contributed by atoms with Gasteiger partial charge in [0.1, 0.15) is 11.6 Å². The van der Waals surface area contributed by atoms with Crippen molar-refractivity contribution in [1.82, 2.24) is 9.97 Å². The predicted molar refractivity (Wildman–Crippen MR) is 78.1 cm³/mol. The summed E-state index contributed by atoms with van der Waals surface area (Å²) < 4.78 is 0. The highest BCUT2D eigenvalue weighted by atomic mass is 15.0. The summed E-state index contributed by atoms with van der Waals surface area (Å²) >= 11 is 0. The SMILES string of the molecule is CCCNc1cc(C(C)(C)C)nc(CC(C)C)n1. The van der Waals surface area contributed by atoms with Gasteiger partial charge in [-0.3, -0.25) is 0 Å². The summed E-state index contributed by atoms with van der Waals surface area (Å²) in [5, 5.41) is 3.37. The zero-order valence-corrected chi connectivity index (χ0v) is 12.7. The molecule has 0 atom stereocenters. The van der Waals surface area contributed by atoms with E-state index in [1.165, 1.54) is 0 Å². The molecule has 0 aliphatic carbocycles. The number of nitrogens with zero attached hydrogens (tertiary/aromatic N) is 2. The number of hydrogen-bond donors (Lipinski definition) is 1. The first-order chi connectivity index (χ1) is 8.32. The van der Waals surface area contributed by atoms with Crippen molar-refractivity contribution in [2.75, 3.05) is 11.9 Å². The van der Waals surface area contributed by atoms with Crippen LogP contribution in [0.3, 0.4) is 0 Å². The Hall–Kier alpha value is -1.12. The number of rotatable bonds is 5. The Bertz CT molecular complexity index is 378. The Morgan fingerprint density at radius 1 is 1.22 bits per heavy atom. The molecule has 0 saturated heterocycles. The summed E-state index contributed by atoms with van der Waals surface area (Å²) in [5.74, 6) is 2.50. The fraction of sp³-hybridized carbons (Fsp3) is 0.733. The molecule has 0 aromatic carbocycles. The van der Waals surface area contributed by atoms with E-state index >= 15 is 0 Å². The first kappa shape index (κ1) is 14.9. The van der Waals surface area contributed by atoms with Crippen molar-refractivity contribution in [3.8, 4) is 0 Å². The van der Waals surface area contributed by atoms with Crippen LogP contribution in [0.4, 0.5) is 5.82 Å². The van der Waals surface area contributed by atoms with Crippen LogP contribution in [0.25, 0.3) is 0 Å². The zero-order valence-electron chi connectivity index (χ0n) is 12.7. The molecule has 0 radical (unpaired) electrons. The first-order valence-electron chi connectivity index (χ1n) is 6.95. The Labute approximate surface area is 111 Å². The maximum atomic E-state index is 4.70. The van der Waals surface area contributed by atoms with Crippen LogP contribution in [0.5, 0.6) is 0 Å². The van der Waals surface area contributed by atoms with E-state index in [0.717, 1.165) is 36.7 Å². The summed E-state index contributed by atoms with van der Waals surface area (Å²) in [4.78, 5) is 9.30. The van der Waals surface area contributed by atoms with Gasteiger partial charge in [0, 0.05) is 24.4 Å². The van der Waals surface area contributed by atoms with Gasteiger partial charge in [0.15, 0.2) is 0 Å². The van der Waals surface area contributed by atoms with Gasteiger partial charge in [-0.25, -0.2) is 9.97 Å². The van der Waals surface area contributed by atoms with Gasteiger partial charge >= 0.3 is 0 Å². The van der Waals surface area contributed by atoms with Crippen LogP contribution in [0.15, 0.2) is 6.07 Å². The highest BCUT2D eigenvalue weighted by Gasteiger charge is 2.18. The van der Waals surface area contributed by atoms with Crippen molar-refractivity contribution >= 4 is 5.82 Å². The average molecular weight is 249 g/mol. The van der Waals surface area contributed by atoms with Crippen LogP contribution >= 0.6 is 0 Å². The molecule has 0 aliphatic heterocycles. The summed E-state index contributed by atoms with van der Waals surface area (Å²) in [6.45, 7) is 14.1. The maximum Gasteiger partial charge on any atom is 0.131 e. The molecule has 0 saturated carbocycles. The molecule has 1 rings (SSSR count). The summed E-state index contributed by atoms with van der Waals surface area (Å²) in [6, 6.07) is 2.08. The minimum absolute atomic E-state index is 0.0668. The van der Waals surface area contributed by atoms with Crippen LogP contribution in [-0.4, -0.2) is 16.5 Å². The lowest BCUT2D eigenvalue weighted by Gasteiger charge is -2.20. The van der Waals surface area contributed by atoms with Crippen molar-refractivity contribution in [2.45, 2.75) is 59.8 Å². The van der Waals surface area contributed by atoms with Gasteiger partial charge < -0.3 is 5.32 Å². The van der Waals surface area contributed by atoms with Gasteiger partial charge in [0.05, 0.1) is 5.69 Å². The molecule has 0 fully saturated rings. The minimum Gasteiger partial charge on any atom is -0.370 e. The van der Waals surface area contributed by atoms with Gasteiger partial charge in [-0.15, -0.1) is 0 Å². The van der Waals surface area contributed by atoms with Crippen molar-refractivity contribution < 1.29 is 0 Å². The first-order valence-corrected chi connectivity index (χ1v) is 6.95. The highest BCUT2D eigenvalue weighted by molar-refractivity contribution is 5.38. The Morgan fingerprint density at radius 2 is 1.89 bits per heavy atom. The zero-order chi connectivity index (χ0) is 13.8. The van der Waals surface area contributed by atoms with E-state index in [4.69, 9.17) is 4.98 Å². The van der Waals surface area contributed by atoms with E-state index in [-0.39, 0.29) is 5.41 Å². The normalized spacial score (nSPS) is 11.9. The number of hydrogen-bond acceptors (Lipinski definition) is 3. The molecule has 3 nitrogen and oxygen atoms in total. The van der Waals surface area contributed by atoms with Gasteiger partial charge in [-0.05, 0) is 12.3 Å². The topological polar surface area (TPSA) is 37.8 Å². The average Bonchev–Trinajstić information content (AvgIpc) is 2.24. The largest absolute Gasteiger partial charge is 0.370 e. The van der Waals surface area contributed by atoms with Crippen LogP contribution in [0.1, 0.15) is 59.5 Å². The second-order valence-corrected chi connectivity index (χ2v) is 6.33. The molecular weight excluding hydrogens is 222 g/mol. The molecule has 1 aromatic rings. The predicted octanol–water partition coefficient (Wildman–Crippen LogP) is 3.79. The fourth-order valence-electron chi connectivity index (χ4n) is 1.68. The van der Waals surface area contributed by atoms with Crippen LogP contribution in [0, 0.1) is 5.92 Å². The number of anilines is 1. The van der Waals surface area contributed by atoms with Crippen molar-refractivity contribution in [1.29, 1.82) is 0 Å². The van der Waals surface area contributed by atoms with E-state index in [1.807, 2.05) is 0 Å². The molecule has 1 aromatic heterocycles. The molecular formula is C15H27N3. The third-order valence-corrected chi connectivity index (χ3v) is 2.69. The van der Waals surface area contributed by atoms with E-state index in [2.05, 4.69) is 57.9 Å². The van der Waals surface area contributed by atoms with E-state index < -0.39 is 0 Å². The standard InChI is InChI=1S/C15H27N3/c1-7-8-16-13-10-12(15(4,5)6)17-14(18-13)9-11(2)3/h10-11H,7-9H2,1-6H3,(H,16,17,18). The molecule has 3 heteroatoms. The van der Waals surface area contributed by atoms with Crippen molar-refractivity contribution in [3.63, 3.8) is 0 Å². The molecule has 102 valence electrons. The summed E-state index contributed by atoms with van der Waals surface area (Å²) in [6.07, 6.45) is 2.04. The highest BCUT2D eigenvalue weighted by Crippen LogP contribution is 2.23. The third kappa shape index (κ3) is 4.63. The minimum atomic E-state index is 0.0668. The summed E-state index contributed by atoms with van der Waals surface area (Å²) in [7, 11) is 0. The molecule has 0 bridgehead atoms. The molecule has 1 heterocycles. The Balaban J connectivity index is 3.03. The lowest BCUT2D eigenvalue weighted by atomic mass is 9.91. The lowest BCUT2D eigenvalue weighted by molar-refractivity contribution is 0.551. The molecule has 0 unspecified atom stereocenters. The smallest absolute Gasteiger partial charge is 0.131 e. The molecule has 0 spiro atoms. The second kappa shape index (κ2) is 6.17. The maximum absolute atomic E-state index is 4.70. The van der Waals surface area contributed by atoms with E-state index in [1.54, 1.807) is 0 Å². The second-order valence-electron chi connectivity index (χ2n) is 6.33. The fourth-order valence-corrected chi connectivity index (χ4v) is 1.68. The molecule has 1 N–H and O–H groups in total. The monoisotopic (exact) mass is 249 g/mol.